The minimum atomic E-state index is -0.206. The molecular weight excluding hydrogens is 136 g/mol. The predicted molar refractivity (Wildman–Crippen MR) is 38.1 cm³/mol. The highest BCUT2D eigenvalue weighted by Gasteiger charge is 2.25. The van der Waals surface area contributed by atoms with Crippen LogP contribution in [0.2, 0.25) is 0 Å². The Morgan fingerprint density at radius 2 is 2.56 bits per heavy atom. The molecular formula is C5H10N2OS. The summed E-state index contributed by atoms with van der Waals surface area (Å²) in [5, 5.41) is 0. The highest BCUT2D eigenvalue weighted by Crippen LogP contribution is 2.17. The minimum Gasteiger partial charge on any atom is -0.368 e. The summed E-state index contributed by atoms with van der Waals surface area (Å²) in [5.74, 6) is 1.57. The topological polar surface area (TPSA) is 46.3 Å². The van der Waals surface area contributed by atoms with Gasteiger partial charge in [-0.2, -0.15) is 0 Å². The lowest BCUT2D eigenvalue weighted by atomic mass is 10.3. The first kappa shape index (κ1) is 6.89. The van der Waals surface area contributed by atoms with Gasteiger partial charge in [0.1, 0.15) is 0 Å². The van der Waals surface area contributed by atoms with Crippen LogP contribution in [0.1, 0.15) is 0 Å². The van der Waals surface area contributed by atoms with Gasteiger partial charge >= 0.3 is 0 Å². The van der Waals surface area contributed by atoms with Gasteiger partial charge in [0.05, 0.1) is 6.04 Å². The summed E-state index contributed by atoms with van der Waals surface area (Å²) in [6.07, 6.45) is 0. The summed E-state index contributed by atoms with van der Waals surface area (Å²) in [4.78, 5) is 12.5. The second-order valence-electron chi connectivity index (χ2n) is 2.18. The van der Waals surface area contributed by atoms with Crippen molar-refractivity contribution >= 4 is 17.7 Å². The number of nitrogens with two attached hydrogens (primary N) is 1. The van der Waals surface area contributed by atoms with E-state index in [1.54, 1.807) is 11.8 Å². The molecule has 52 valence electrons. The van der Waals surface area contributed by atoms with E-state index in [0.29, 0.717) is 0 Å². The largest absolute Gasteiger partial charge is 0.368 e. The number of primary amides is 1. The molecule has 1 aliphatic heterocycles. The molecule has 0 bridgehead atoms. The van der Waals surface area contributed by atoms with Gasteiger partial charge in [0, 0.05) is 11.6 Å². The van der Waals surface area contributed by atoms with E-state index in [9.17, 15) is 4.79 Å². The van der Waals surface area contributed by atoms with Gasteiger partial charge in [0.15, 0.2) is 0 Å². The summed E-state index contributed by atoms with van der Waals surface area (Å²) < 4.78 is 0. The summed E-state index contributed by atoms with van der Waals surface area (Å²) >= 11 is 1.74. The average Bonchev–Trinajstić information content (AvgIpc) is 2.13. The fraction of sp³-hybridized carbons (Fsp3) is 0.800. The highest BCUT2D eigenvalue weighted by atomic mass is 32.2. The Bertz CT molecular complexity index is 128. The Hall–Kier alpha value is -0.220. The van der Waals surface area contributed by atoms with Gasteiger partial charge in [-0.1, -0.05) is 0 Å². The predicted octanol–water partition coefficient (Wildman–Crippen LogP) is -0.524. The van der Waals surface area contributed by atoms with Crippen LogP contribution < -0.4 is 5.73 Å². The zero-order chi connectivity index (χ0) is 6.85. The van der Waals surface area contributed by atoms with E-state index in [0.717, 1.165) is 11.6 Å². The molecule has 0 aromatic heterocycles. The molecule has 1 rings (SSSR count). The fourth-order valence-corrected chi connectivity index (χ4v) is 2.04. The van der Waals surface area contributed by atoms with Crippen molar-refractivity contribution in [2.24, 2.45) is 5.73 Å². The first-order chi connectivity index (χ1) is 4.22. The molecule has 0 saturated carbocycles. The summed E-state index contributed by atoms with van der Waals surface area (Å²) in [5.41, 5.74) is 5.09. The first-order valence-corrected chi connectivity index (χ1v) is 3.94. The van der Waals surface area contributed by atoms with Gasteiger partial charge in [-0.15, -0.1) is 11.8 Å². The van der Waals surface area contributed by atoms with Crippen molar-refractivity contribution in [2.75, 3.05) is 18.7 Å². The first-order valence-electron chi connectivity index (χ1n) is 2.79. The van der Waals surface area contributed by atoms with Crippen LogP contribution in [0, 0.1) is 0 Å². The fourth-order valence-electron chi connectivity index (χ4n) is 0.825. The molecule has 0 aromatic carbocycles. The van der Waals surface area contributed by atoms with E-state index in [1.165, 1.54) is 0 Å². The van der Waals surface area contributed by atoms with Crippen molar-refractivity contribution in [2.45, 2.75) is 6.04 Å². The molecule has 4 heteroatoms. The van der Waals surface area contributed by atoms with Crippen LogP contribution in [-0.2, 0) is 4.79 Å². The minimum absolute atomic E-state index is 0.0324. The molecule has 0 radical (unpaired) electrons. The number of carbonyl (C=O) groups excluding carboxylic acids is 1. The van der Waals surface area contributed by atoms with Crippen LogP contribution in [0.25, 0.3) is 0 Å². The number of likely N-dealkylation sites (N-methyl/N-ethyl adjacent to an activating group) is 1. The smallest absolute Gasteiger partial charge is 0.235 e. The Balaban J connectivity index is 2.49. The second kappa shape index (κ2) is 2.58. The maximum atomic E-state index is 10.6. The van der Waals surface area contributed by atoms with Crippen LogP contribution >= 0.6 is 11.8 Å². The van der Waals surface area contributed by atoms with Crippen molar-refractivity contribution in [3.05, 3.63) is 0 Å². The van der Waals surface area contributed by atoms with Crippen LogP contribution in [0.3, 0.4) is 0 Å². The van der Waals surface area contributed by atoms with Crippen molar-refractivity contribution in [3.8, 4) is 0 Å². The standard InChI is InChI=1S/C5H10N2OS/c1-7-3-9-2-4(7)5(6)8/h4H,2-3H2,1H3,(H2,6,8)/t4-/m0/s1. The molecule has 1 saturated heterocycles. The molecule has 1 heterocycles. The lowest BCUT2D eigenvalue weighted by Crippen LogP contribution is -2.39. The van der Waals surface area contributed by atoms with E-state index in [2.05, 4.69) is 0 Å². The number of nitrogens with zero attached hydrogens (tertiary/aromatic N) is 1. The zero-order valence-electron chi connectivity index (χ0n) is 5.33. The molecule has 3 nitrogen and oxygen atoms in total. The van der Waals surface area contributed by atoms with Crippen molar-refractivity contribution in [3.63, 3.8) is 0 Å². The maximum absolute atomic E-state index is 10.6. The van der Waals surface area contributed by atoms with Gasteiger partial charge in [0.2, 0.25) is 5.91 Å². The summed E-state index contributed by atoms with van der Waals surface area (Å²) in [7, 11) is 1.91. The average molecular weight is 146 g/mol. The number of amides is 1. The Labute approximate surface area is 58.6 Å². The lowest BCUT2D eigenvalue weighted by molar-refractivity contribution is -0.121. The molecule has 1 amide bonds. The van der Waals surface area contributed by atoms with E-state index >= 15 is 0 Å². The lowest BCUT2D eigenvalue weighted by Gasteiger charge is -2.13. The quantitative estimate of drug-likeness (QED) is 0.541. The Morgan fingerprint density at radius 3 is 2.78 bits per heavy atom. The van der Waals surface area contributed by atoms with E-state index in [4.69, 9.17) is 5.73 Å². The van der Waals surface area contributed by atoms with Crippen LogP contribution in [0.5, 0.6) is 0 Å². The van der Waals surface area contributed by atoms with Gasteiger partial charge in [-0.3, -0.25) is 9.69 Å². The van der Waals surface area contributed by atoms with E-state index in [1.807, 2.05) is 11.9 Å². The van der Waals surface area contributed by atoms with Crippen molar-refractivity contribution in [1.82, 2.24) is 4.90 Å². The normalized spacial score (nSPS) is 28.8. The SMILES string of the molecule is CN1CSC[C@H]1C(N)=O. The van der Waals surface area contributed by atoms with Gasteiger partial charge in [-0.25, -0.2) is 0 Å². The molecule has 0 spiro atoms. The van der Waals surface area contributed by atoms with Crippen LogP contribution in [0.15, 0.2) is 0 Å². The third-order valence-electron chi connectivity index (χ3n) is 1.43. The van der Waals surface area contributed by atoms with Gasteiger partial charge in [0.25, 0.3) is 0 Å². The molecule has 1 fully saturated rings. The van der Waals surface area contributed by atoms with Crippen LogP contribution in [-0.4, -0.2) is 35.5 Å². The number of hydrogen-bond donors (Lipinski definition) is 1. The number of hydrogen-bond acceptors (Lipinski definition) is 3. The number of thioether (sulfide) groups is 1. The molecule has 9 heavy (non-hydrogen) atoms. The third-order valence-corrected chi connectivity index (χ3v) is 2.57. The molecule has 1 atom stereocenters. The van der Waals surface area contributed by atoms with Gasteiger partial charge in [-0.05, 0) is 7.05 Å². The van der Waals surface area contributed by atoms with Crippen molar-refractivity contribution < 1.29 is 4.79 Å². The van der Waals surface area contributed by atoms with Gasteiger partial charge < -0.3 is 5.73 Å². The van der Waals surface area contributed by atoms with Crippen molar-refractivity contribution in [1.29, 1.82) is 0 Å². The Morgan fingerprint density at radius 1 is 1.89 bits per heavy atom. The molecule has 0 aliphatic carbocycles. The summed E-state index contributed by atoms with van der Waals surface area (Å²) in [6, 6.07) is -0.0324. The molecule has 1 aliphatic rings. The molecule has 2 N–H and O–H groups in total. The summed E-state index contributed by atoms with van der Waals surface area (Å²) in [6.45, 7) is 0. The highest BCUT2D eigenvalue weighted by molar-refractivity contribution is 7.99. The number of rotatable bonds is 1. The van der Waals surface area contributed by atoms with E-state index < -0.39 is 0 Å². The maximum Gasteiger partial charge on any atom is 0.235 e. The Kier molecular flexibility index (Phi) is 1.97. The number of carbonyl (C=O) groups is 1. The zero-order valence-corrected chi connectivity index (χ0v) is 6.15. The third kappa shape index (κ3) is 1.37. The van der Waals surface area contributed by atoms with Crippen LogP contribution in [0.4, 0.5) is 0 Å². The van der Waals surface area contributed by atoms with E-state index in [-0.39, 0.29) is 11.9 Å². The monoisotopic (exact) mass is 146 g/mol. The molecule has 0 unspecified atom stereocenters. The molecule has 0 aromatic rings. The second-order valence-corrected chi connectivity index (χ2v) is 3.17.